The van der Waals surface area contributed by atoms with Crippen LogP contribution in [-0.2, 0) is 0 Å². The summed E-state index contributed by atoms with van der Waals surface area (Å²) in [4.78, 5) is 6.85. The van der Waals surface area contributed by atoms with Gasteiger partial charge in [-0.3, -0.25) is 4.98 Å². The van der Waals surface area contributed by atoms with Crippen molar-refractivity contribution in [1.29, 1.82) is 0 Å². The fourth-order valence-electron chi connectivity index (χ4n) is 5.33. The van der Waals surface area contributed by atoms with Gasteiger partial charge in [0.05, 0.1) is 37.7 Å². The minimum atomic E-state index is -0.159. The van der Waals surface area contributed by atoms with Crippen LogP contribution in [0, 0.1) is 27.7 Å². The Bertz CT molecular complexity index is 1460. The number of nitrogens with zero attached hydrogens (tertiary/aromatic N) is 3. The molecule has 0 radical (unpaired) electrons. The maximum absolute atomic E-state index is 5.96. The van der Waals surface area contributed by atoms with E-state index in [4.69, 9.17) is 26.7 Å². The number of hydrogen-bond donors (Lipinski definition) is 1. The SMILES string of the molecule is COc1ccc(OC)c(N2C(=S)N[C@@H](c3ccccn3)[C@@H]2c2cc(C)n(-c3cc(C)ccc3C)c2C)c1. The van der Waals surface area contributed by atoms with Gasteiger partial charge in [0.25, 0.3) is 0 Å². The number of nitrogens with one attached hydrogen (secondary N) is 1. The number of pyridine rings is 1. The van der Waals surface area contributed by atoms with E-state index in [9.17, 15) is 0 Å². The zero-order chi connectivity index (χ0) is 26.3. The molecule has 0 unspecified atom stereocenters. The molecular formula is C30H32N4O2S. The number of hydrogen-bond acceptors (Lipinski definition) is 4. The Kier molecular flexibility index (Phi) is 6.65. The standard InChI is InChI=1S/C30H32N4O2S/c1-18-10-11-19(2)25(15-18)33-20(3)16-23(21(33)4)29-28(24-9-7-8-14-31-24)32-30(37)34(29)26-17-22(35-5)12-13-27(26)36-6/h7-17,28-29H,1-6H3,(H,32,37)/t28-,29-/m0/s1. The number of anilines is 1. The first-order valence-corrected chi connectivity index (χ1v) is 12.7. The van der Waals surface area contributed by atoms with Crippen molar-refractivity contribution in [3.05, 3.63) is 101 Å². The Balaban J connectivity index is 1.73. The molecule has 0 aliphatic carbocycles. The lowest BCUT2D eigenvalue weighted by Gasteiger charge is -2.29. The summed E-state index contributed by atoms with van der Waals surface area (Å²) in [5.41, 5.74) is 8.92. The van der Waals surface area contributed by atoms with Gasteiger partial charge in [-0.25, -0.2) is 0 Å². The third-order valence-corrected chi connectivity index (χ3v) is 7.45. The minimum Gasteiger partial charge on any atom is -0.497 e. The lowest BCUT2D eigenvalue weighted by molar-refractivity contribution is 0.403. The molecule has 2 aromatic carbocycles. The van der Waals surface area contributed by atoms with Crippen LogP contribution in [0.2, 0.25) is 0 Å². The van der Waals surface area contributed by atoms with E-state index >= 15 is 0 Å². The molecule has 0 amide bonds. The van der Waals surface area contributed by atoms with Gasteiger partial charge in [0.2, 0.25) is 0 Å². The van der Waals surface area contributed by atoms with Gasteiger partial charge in [-0.2, -0.15) is 0 Å². The number of aromatic nitrogens is 2. The Morgan fingerprint density at radius 2 is 1.70 bits per heavy atom. The molecule has 1 aliphatic heterocycles. The van der Waals surface area contributed by atoms with E-state index in [1.165, 1.54) is 22.4 Å². The summed E-state index contributed by atoms with van der Waals surface area (Å²) in [5, 5.41) is 4.18. The minimum absolute atomic E-state index is 0.155. The summed E-state index contributed by atoms with van der Waals surface area (Å²) >= 11 is 5.96. The first-order valence-electron chi connectivity index (χ1n) is 12.3. The van der Waals surface area contributed by atoms with Crippen LogP contribution in [-0.4, -0.2) is 28.9 Å². The van der Waals surface area contributed by atoms with Crippen molar-refractivity contribution in [3.63, 3.8) is 0 Å². The van der Waals surface area contributed by atoms with Crippen molar-refractivity contribution in [2.24, 2.45) is 0 Å². The Morgan fingerprint density at radius 1 is 0.892 bits per heavy atom. The Morgan fingerprint density at radius 3 is 2.41 bits per heavy atom. The average Bonchev–Trinajstić information content (AvgIpc) is 3.40. The van der Waals surface area contributed by atoms with Crippen molar-refractivity contribution in [2.75, 3.05) is 19.1 Å². The lowest BCUT2D eigenvalue weighted by atomic mass is 9.96. The normalized spacial score (nSPS) is 17.1. The molecule has 7 heteroatoms. The molecule has 1 saturated heterocycles. The van der Waals surface area contributed by atoms with Crippen molar-refractivity contribution < 1.29 is 9.47 Å². The quantitative estimate of drug-likeness (QED) is 0.306. The second kappa shape index (κ2) is 9.90. The van der Waals surface area contributed by atoms with Gasteiger partial charge in [0.1, 0.15) is 11.5 Å². The lowest BCUT2D eigenvalue weighted by Crippen LogP contribution is -2.30. The molecule has 1 aliphatic rings. The number of aryl methyl sites for hydroxylation is 3. The molecule has 0 bridgehead atoms. The van der Waals surface area contributed by atoms with Crippen molar-refractivity contribution in [3.8, 4) is 17.2 Å². The van der Waals surface area contributed by atoms with E-state index in [0.29, 0.717) is 5.11 Å². The zero-order valence-electron chi connectivity index (χ0n) is 22.1. The van der Waals surface area contributed by atoms with Crippen molar-refractivity contribution in [2.45, 2.75) is 39.8 Å². The average molecular weight is 513 g/mol. The van der Waals surface area contributed by atoms with E-state index in [0.717, 1.165) is 34.3 Å². The van der Waals surface area contributed by atoms with E-state index in [1.54, 1.807) is 14.2 Å². The Labute approximate surface area is 223 Å². The maximum Gasteiger partial charge on any atom is 0.174 e. The molecule has 3 heterocycles. The van der Waals surface area contributed by atoms with Gasteiger partial charge in [0.15, 0.2) is 5.11 Å². The molecule has 1 N–H and O–H groups in total. The fraction of sp³-hybridized carbons (Fsp3) is 0.267. The molecule has 6 nitrogen and oxygen atoms in total. The van der Waals surface area contributed by atoms with Gasteiger partial charge in [0, 0.05) is 29.3 Å². The highest BCUT2D eigenvalue weighted by atomic mass is 32.1. The zero-order valence-corrected chi connectivity index (χ0v) is 22.9. The highest BCUT2D eigenvalue weighted by molar-refractivity contribution is 7.80. The van der Waals surface area contributed by atoms with Crippen LogP contribution in [0.25, 0.3) is 5.69 Å². The van der Waals surface area contributed by atoms with Crippen LogP contribution in [0.5, 0.6) is 11.5 Å². The highest BCUT2D eigenvalue weighted by Crippen LogP contribution is 2.47. The molecule has 0 saturated carbocycles. The summed E-state index contributed by atoms with van der Waals surface area (Å²) in [6.45, 7) is 8.63. The van der Waals surface area contributed by atoms with E-state index < -0.39 is 0 Å². The third kappa shape index (κ3) is 4.33. The molecule has 190 valence electrons. The number of benzene rings is 2. The molecule has 2 atom stereocenters. The van der Waals surface area contributed by atoms with Crippen LogP contribution in [0.3, 0.4) is 0 Å². The molecule has 0 spiro atoms. The summed E-state index contributed by atoms with van der Waals surface area (Å²) in [5.74, 6) is 1.46. The number of thiocarbonyl (C=S) groups is 1. The van der Waals surface area contributed by atoms with E-state index in [-0.39, 0.29) is 12.1 Å². The highest BCUT2D eigenvalue weighted by Gasteiger charge is 2.43. The number of ether oxygens (including phenoxy) is 2. The Hall–Kier alpha value is -3.84. The predicted molar refractivity (Wildman–Crippen MR) is 152 cm³/mol. The van der Waals surface area contributed by atoms with Gasteiger partial charge in [-0.1, -0.05) is 18.2 Å². The van der Waals surface area contributed by atoms with Gasteiger partial charge < -0.3 is 24.3 Å². The first-order chi connectivity index (χ1) is 17.8. The molecular weight excluding hydrogens is 480 g/mol. The largest absolute Gasteiger partial charge is 0.497 e. The molecule has 1 fully saturated rings. The summed E-state index contributed by atoms with van der Waals surface area (Å²) in [6, 6.07) is 20.3. The molecule has 37 heavy (non-hydrogen) atoms. The number of methoxy groups -OCH3 is 2. The maximum atomic E-state index is 5.96. The number of rotatable bonds is 6. The molecule has 5 rings (SSSR count). The van der Waals surface area contributed by atoms with Crippen LogP contribution in [0.4, 0.5) is 5.69 Å². The smallest absolute Gasteiger partial charge is 0.174 e. The molecule has 2 aromatic heterocycles. The summed E-state index contributed by atoms with van der Waals surface area (Å²) in [6.07, 6.45) is 1.82. The van der Waals surface area contributed by atoms with Crippen LogP contribution in [0.15, 0.2) is 66.9 Å². The first kappa shape index (κ1) is 24.8. The van der Waals surface area contributed by atoms with Gasteiger partial charge >= 0.3 is 0 Å². The summed E-state index contributed by atoms with van der Waals surface area (Å²) in [7, 11) is 3.34. The van der Waals surface area contributed by atoms with Gasteiger partial charge in [-0.15, -0.1) is 0 Å². The van der Waals surface area contributed by atoms with Crippen LogP contribution in [0.1, 0.15) is 45.9 Å². The molecule has 4 aromatic rings. The van der Waals surface area contributed by atoms with Crippen LogP contribution >= 0.6 is 12.2 Å². The monoisotopic (exact) mass is 512 g/mol. The van der Waals surface area contributed by atoms with Crippen LogP contribution < -0.4 is 19.7 Å². The predicted octanol–water partition coefficient (Wildman–Crippen LogP) is 6.30. The third-order valence-electron chi connectivity index (χ3n) is 7.14. The second-order valence-electron chi connectivity index (χ2n) is 9.49. The van der Waals surface area contributed by atoms with Crippen molar-refractivity contribution >= 4 is 23.0 Å². The van der Waals surface area contributed by atoms with Crippen molar-refractivity contribution in [1.82, 2.24) is 14.9 Å². The second-order valence-corrected chi connectivity index (χ2v) is 9.87. The fourth-order valence-corrected chi connectivity index (χ4v) is 5.67. The van der Waals surface area contributed by atoms with E-state index in [1.807, 2.05) is 42.6 Å². The topological polar surface area (TPSA) is 51.6 Å². The van der Waals surface area contributed by atoms with E-state index in [2.05, 4.69) is 66.7 Å². The van der Waals surface area contributed by atoms with Gasteiger partial charge in [-0.05, 0) is 93.0 Å². The summed E-state index contributed by atoms with van der Waals surface area (Å²) < 4.78 is 13.7.